The first-order valence-electron chi connectivity index (χ1n) is 10.6. The highest BCUT2D eigenvalue weighted by atomic mass is 16.5. The summed E-state index contributed by atoms with van der Waals surface area (Å²) in [5, 5.41) is 14.8. The maximum atomic E-state index is 9.10. The van der Waals surface area contributed by atoms with Crippen molar-refractivity contribution in [3.8, 4) is 11.5 Å². The molecule has 31 heavy (non-hydrogen) atoms. The van der Waals surface area contributed by atoms with Gasteiger partial charge in [0, 0.05) is 6.54 Å². The molecule has 1 aliphatic heterocycles. The minimum Gasteiger partial charge on any atom is -0.494 e. The van der Waals surface area contributed by atoms with E-state index in [0.717, 1.165) is 31.1 Å². The number of piperidine rings is 1. The van der Waals surface area contributed by atoms with Crippen LogP contribution < -0.4 is 9.47 Å². The highest BCUT2D eigenvalue weighted by Gasteiger charge is 2.10. The van der Waals surface area contributed by atoms with Crippen LogP contribution in [0, 0.1) is 0 Å². The van der Waals surface area contributed by atoms with Crippen LogP contribution in [0.15, 0.2) is 48.5 Å². The minimum absolute atomic E-state index is 0.596. The third kappa shape index (κ3) is 9.53. The van der Waals surface area contributed by atoms with Gasteiger partial charge in [0.2, 0.25) is 0 Å². The van der Waals surface area contributed by atoms with Gasteiger partial charge < -0.3 is 19.7 Å². The zero-order valence-corrected chi connectivity index (χ0v) is 18.0. The fraction of sp³-hybridized carbons (Fsp3) is 0.417. The van der Waals surface area contributed by atoms with E-state index in [1.54, 1.807) is 0 Å². The Bertz CT molecular complexity index is 786. The molecule has 0 atom stereocenters. The lowest BCUT2D eigenvalue weighted by Crippen LogP contribution is -2.29. The molecule has 1 fully saturated rings. The van der Waals surface area contributed by atoms with Crippen LogP contribution in [-0.4, -0.2) is 46.7 Å². The Morgan fingerprint density at radius 2 is 1.32 bits per heavy atom. The third-order valence-electron chi connectivity index (χ3n) is 4.76. The van der Waals surface area contributed by atoms with Gasteiger partial charge in [0.1, 0.15) is 18.1 Å². The Hall–Kier alpha value is -3.06. The van der Waals surface area contributed by atoms with E-state index >= 15 is 0 Å². The summed E-state index contributed by atoms with van der Waals surface area (Å²) in [7, 11) is 0. The van der Waals surface area contributed by atoms with Gasteiger partial charge in [-0.2, -0.15) is 0 Å². The van der Waals surface area contributed by atoms with Gasteiger partial charge in [-0.1, -0.05) is 37.6 Å². The van der Waals surface area contributed by atoms with Crippen LogP contribution in [0.3, 0.4) is 0 Å². The van der Waals surface area contributed by atoms with Crippen LogP contribution in [0.2, 0.25) is 0 Å². The van der Waals surface area contributed by atoms with Gasteiger partial charge in [-0.05, 0) is 67.7 Å². The quantitative estimate of drug-likeness (QED) is 0.607. The lowest BCUT2D eigenvalue weighted by atomic mass is 10.1. The predicted octanol–water partition coefficient (Wildman–Crippen LogP) is 4.20. The van der Waals surface area contributed by atoms with Gasteiger partial charge >= 0.3 is 11.9 Å². The Labute approximate surface area is 183 Å². The Kier molecular flexibility index (Phi) is 10.4. The van der Waals surface area contributed by atoms with E-state index in [4.69, 9.17) is 29.3 Å². The van der Waals surface area contributed by atoms with E-state index < -0.39 is 11.9 Å². The molecule has 7 heteroatoms. The highest BCUT2D eigenvalue weighted by molar-refractivity contribution is 6.27. The molecule has 2 aromatic rings. The largest absolute Gasteiger partial charge is 0.494 e. The third-order valence-corrected chi connectivity index (χ3v) is 4.76. The molecule has 1 heterocycles. The SMILES string of the molecule is CCCOc1ccc(OCc2ccc(CN3CCCCC3)cc2)cc1.O=C(O)C(=O)O. The van der Waals surface area contributed by atoms with Crippen LogP contribution >= 0.6 is 0 Å². The number of nitrogens with zero attached hydrogens (tertiary/aromatic N) is 1. The van der Waals surface area contributed by atoms with Gasteiger partial charge in [0.15, 0.2) is 0 Å². The zero-order valence-electron chi connectivity index (χ0n) is 18.0. The molecular weight excluding hydrogens is 398 g/mol. The number of carbonyl (C=O) groups is 2. The number of hydrogen-bond donors (Lipinski definition) is 2. The fourth-order valence-corrected chi connectivity index (χ4v) is 3.14. The molecule has 7 nitrogen and oxygen atoms in total. The van der Waals surface area contributed by atoms with Gasteiger partial charge in [-0.3, -0.25) is 4.90 Å². The van der Waals surface area contributed by atoms with E-state index in [0.29, 0.717) is 6.61 Å². The van der Waals surface area contributed by atoms with Crippen molar-refractivity contribution < 1.29 is 29.3 Å². The summed E-state index contributed by atoms with van der Waals surface area (Å²) in [4.78, 5) is 20.8. The maximum Gasteiger partial charge on any atom is 0.414 e. The second-order valence-corrected chi connectivity index (χ2v) is 7.37. The summed E-state index contributed by atoms with van der Waals surface area (Å²) in [6.07, 6.45) is 5.09. The Morgan fingerprint density at radius 1 is 0.806 bits per heavy atom. The molecule has 2 N–H and O–H groups in total. The summed E-state index contributed by atoms with van der Waals surface area (Å²) in [6, 6.07) is 16.7. The molecule has 0 radical (unpaired) electrons. The second-order valence-electron chi connectivity index (χ2n) is 7.37. The molecule has 0 unspecified atom stereocenters. The summed E-state index contributed by atoms with van der Waals surface area (Å²) in [5.41, 5.74) is 2.59. The number of aliphatic carboxylic acids is 2. The number of rotatable bonds is 8. The topological polar surface area (TPSA) is 96.3 Å². The number of carboxylic acid groups (broad SMARTS) is 2. The molecule has 2 aromatic carbocycles. The molecule has 0 spiro atoms. The highest BCUT2D eigenvalue weighted by Crippen LogP contribution is 2.19. The van der Waals surface area contributed by atoms with Crippen molar-refractivity contribution in [2.75, 3.05) is 19.7 Å². The van der Waals surface area contributed by atoms with Crippen molar-refractivity contribution in [3.63, 3.8) is 0 Å². The molecule has 0 aromatic heterocycles. The lowest BCUT2D eigenvalue weighted by Gasteiger charge is -2.26. The summed E-state index contributed by atoms with van der Waals surface area (Å²) >= 11 is 0. The van der Waals surface area contributed by atoms with E-state index in [2.05, 4.69) is 36.1 Å². The first-order valence-corrected chi connectivity index (χ1v) is 10.6. The zero-order chi connectivity index (χ0) is 22.5. The number of ether oxygens (including phenoxy) is 2. The van der Waals surface area contributed by atoms with E-state index in [9.17, 15) is 0 Å². The number of benzene rings is 2. The lowest BCUT2D eigenvalue weighted by molar-refractivity contribution is -0.159. The van der Waals surface area contributed by atoms with Crippen LogP contribution in [0.5, 0.6) is 11.5 Å². The molecule has 3 rings (SSSR count). The molecule has 0 saturated carbocycles. The van der Waals surface area contributed by atoms with Crippen molar-refractivity contribution in [1.29, 1.82) is 0 Å². The van der Waals surface area contributed by atoms with Crippen molar-refractivity contribution in [1.82, 2.24) is 4.90 Å². The number of carboxylic acids is 2. The molecular formula is C24H31NO6. The fourth-order valence-electron chi connectivity index (χ4n) is 3.14. The van der Waals surface area contributed by atoms with Gasteiger partial charge in [-0.25, -0.2) is 9.59 Å². The normalized spacial score (nSPS) is 13.6. The van der Waals surface area contributed by atoms with Gasteiger partial charge in [0.25, 0.3) is 0 Å². The average Bonchev–Trinajstić information content (AvgIpc) is 2.79. The van der Waals surface area contributed by atoms with Crippen LogP contribution in [0.4, 0.5) is 0 Å². The molecule has 1 aliphatic rings. The smallest absolute Gasteiger partial charge is 0.414 e. The first kappa shape index (κ1) is 24.2. The van der Waals surface area contributed by atoms with Crippen molar-refractivity contribution in [2.24, 2.45) is 0 Å². The Balaban J connectivity index is 0.000000501. The van der Waals surface area contributed by atoms with Crippen molar-refractivity contribution in [2.45, 2.75) is 45.8 Å². The maximum absolute atomic E-state index is 9.10. The molecule has 168 valence electrons. The van der Waals surface area contributed by atoms with Gasteiger partial charge in [0.05, 0.1) is 6.61 Å². The molecule has 0 aliphatic carbocycles. The van der Waals surface area contributed by atoms with Crippen LogP contribution in [0.1, 0.15) is 43.7 Å². The Morgan fingerprint density at radius 3 is 1.84 bits per heavy atom. The minimum atomic E-state index is -1.82. The summed E-state index contributed by atoms with van der Waals surface area (Å²) in [6.45, 7) is 7.00. The number of likely N-dealkylation sites (tertiary alicyclic amines) is 1. The number of hydrogen-bond acceptors (Lipinski definition) is 5. The molecule has 0 bridgehead atoms. The molecule has 1 saturated heterocycles. The summed E-state index contributed by atoms with van der Waals surface area (Å²) < 4.78 is 11.5. The predicted molar refractivity (Wildman–Crippen MR) is 117 cm³/mol. The standard InChI is InChI=1S/C22H29NO2.C2H2O4/c1-2-16-24-21-10-12-22(13-11-21)25-18-20-8-6-19(7-9-20)17-23-14-4-3-5-15-23;3-1(4)2(5)6/h6-13H,2-5,14-18H2,1H3;(H,3,4)(H,5,6). The van der Waals surface area contributed by atoms with Crippen molar-refractivity contribution in [3.05, 3.63) is 59.7 Å². The van der Waals surface area contributed by atoms with Crippen LogP contribution in [0.25, 0.3) is 0 Å². The summed E-state index contributed by atoms with van der Waals surface area (Å²) in [5.74, 6) is -1.87. The second kappa shape index (κ2) is 13.3. The monoisotopic (exact) mass is 429 g/mol. The van der Waals surface area contributed by atoms with E-state index in [-0.39, 0.29) is 0 Å². The molecule has 0 amide bonds. The average molecular weight is 430 g/mol. The first-order chi connectivity index (χ1) is 15.0. The van der Waals surface area contributed by atoms with E-state index in [1.807, 2.05) is 24.3 Å². The van der Waals surface area contributed by atoms with Crippen molar-refractivity contribution >= 4 is 11.9 Å². The van der Waals surface area contributed by atoms with Crippen LogP contribution in [-0.2, 0) is 22.7 Å². The van der Waals surface area contributed by atoms with E-state index in [1.165, 1.54) is 43.5 Å². The van der Waals surface area contributed by atoms with Gasteiger partial charge in [-0.15, -0.1) is 0 Å².